The predicted octanol–water partition coefficient (Wildman–Crippen LogP) is 4.48. The van der Waals surface area contributed by atoms with Crippen LogP contribution in [0.25, 0.3) is 0 Å². The number of hydrogen-bond donors (Lipinski definition) is 1. The number of aromatic nitrogens is 2. The molecular weight excluding hydrogens is 324 g/mol. The Kier molecular flexibility index (Phi) is 5.37. The van der Waals surface area contributed by atoms with Crippen LogP contribution < -0.4 is 15.0 Å². The van der Waals surface area contributed by atoms with Gasteiger partial charge in [-0.3, -0.25) is 0 Å². The summed E-state index contributed by atoms with van der Waals surface area (Å²) in [5.41, 5.74) is 3.28. The molecule has 0 spiro atoms. The van der Waals surface area contributed by atoms with Crippen molar-refractivity contribution in [2.75, 3.05) is 24.4 Å². The summed E-state index contributed by atoms with van der Waals surface area (Å²) in [6, 6.07) is 18.3. The van der Waals surface area contributed by atoms with E-state index >= 15 is 0 Å². The van der Waals surface area contributed by atoms with Gasteiger partial charge in [0.2, 0.25) is 0 Å². The molecule has 0 radical (unpaired) electrons. The first kappa shape index (κ1) is 17.7. The first-order valence-corrected chi connectivity index (χ1v) is 8.57. The fraction of sp³-hybridized carbons (Fsp3) is 0.238. The lowest BCUT2D eigenvalue weighted by molar-refractivity contribution is 0.416. The molecule has 0 aliphatic rings. The molecule has 2 aromatic carbocycles. The number of methoxy groups -OCH3 is 1. The van der Waals surface area contributed by atoms with E-state index in [4.69, 9.17) is 4.74 Å². The van der Waals surface area contributed by atoms with Gasteiger partial charge in [0.05, 0.1) is 12.8 Å². The third kappa shape index (κ3) is 4.30. The molecule has 0 amide bonds. The van der Waals surface area contributed by atoms with E-state index in [9.17, 15) is 0 Å². The smallest absolute Gasteiger partial charge is 0.142 e. The van der Waals surface area contributed by atoms with E-state index in [1.54, 1.807) is 7.11 Å². The van der Waals surface area contributed by atoms with E-state index in [-0.39, 0.29) is 0 Å². The van der Waals surface area contributed by atoms with Gasteiger partial charge in [-0.15, -0.1) is 0 Å². The molecule has 134 valence electrons. The number of hydrogen-bond acceptors (Lipinski definition) is 5. The Bertz CT molecular complexity index is 880. The third-order valence-corrected chi connectivity index (χ3v) is 4.10. The van der Waals surface area contributed by atoms with E-state index < -0.39 is 0 Å². The average molecular weight is 348 g/mol. The van der Waals surface area contributed by atoms with Crippen LogP contribution in [-0.2, 0) is 6.54 Å². The molecule has 3 aromatic rings. The summed E-state index contributed by atoms with van der Waals surface area (Å²) < 4.78 is 5.44. The SMILES string of the molecule is COc1ccc(C)cc1Nc1cc(N(C)Cc2ccccc2)nc(C)n1. The molecule has 0 aliphatic carbocycles. The standard InChI is InChI=1S/C21H24N4O/c1-15-10-11-19(26-4)18(12-15)24-20-13-21(23-16(2)22-20)25(3)14-17-8-6-5-7-9-17/h5-13H,14H2,1-4H3,(H,22,23,24). The number of nitrogens with one attached hydrogen (secondary N) is 1. The number of ether oxygens (including phenoxy) is 1. The van der Waals surface area contributed by atoms with Gasteiger partial charge < -0.3 is 15.0 Å². The highest BCUT2D eigenvalue weighted by atomic mass is 16.5. The van der Waals surface area contributed by atoms with Crippen molar-refractivity contribution in [2.45, 2.75) is 20.4 Å². The Hall–Kier alpha value is -3.08. The molecule has 0 aliphatic heterocycles. The molecule has 1 heterocycles. The first-order chi connectivity index (χ1) is 12.5. The minimum atomic E-state index is 0.719. The summed E-state index contributed by atoms with van der Waals surface area (Å²) in [7, 11) is 3.70. The summed E-state index contributed by atoms with van der Waals surface area (Å²) in [6.45, 7) is 4.73. The molecule has 1 N–H and O–H groups in total. The van der Waals surface area contributed by atoms with E-state index in [0.29, 0.717) is 0 Å². The molecule has 0 atom stereocenters. The second-order valence-corrected chi connectivity index (χ2v) is 6.33. The van der Waals surface area contributed by atoms with Gasteiger partial charge in [0.25, 0.3) is 0 Å². The van der Waals surface area contributed by atoms with Gasteiger partial charge in [-0.05, 0) is 37.1 Å². The Balaban J connectivity index is 1.85. The van der Waals surface area contributed by atoms with E-state index in [1.807, 2.05) is 56.4 Å². The van der Waals surface area contributed by atoms with Gasteiger partial charge in [-0.2, -0.15) is 0 Å². The Morgan fingerprint density at radius 3 is 2.50 bits per heavy atom. The largest absolute Gasteiger partial charge is 0.495 e. The quantitative estimate of drug-likeness (QED) is 0.712. The van der Waals surface area contributed by atoms with Crippen LogP contribution in [0.3, 0.4) is 0 Å². The Morgan fingerprint density at radius 1 is 1.00 bits per heavy atom. The zero-order valence-electron chi connectivity index (χ0n) is 15.7. The monoisotopic (exact) mass is 348 g/mol. The van der Waals surface area contributed by atoms with Crippen molar-refractivity contribution in [1.29, 1.82) is 0 Å². The molecule has 5 nitrogen and oxygen atoms in total. The minimum absolute atomic E-state index is 0.719. The molecule has 1 aromatic heterocycles. The molecule has 0 unspecified atom stereocenters. The van der Waals surface area contributed by atoms with Crippen LogP contribution in [0.5, 0.6) is 5.75 Å². The number of anilines is 3. The molecule has 5 heteroatoms. The van der Waals surface area contributed by atoms with Crippen molar-refractivity contribution in [3.05, 3.63) is 71.5 Å². The molecule has 0 bridgehead atoms. The Morgan fingerprint density at radius 2 is 1.77 bits per heavy atom. The zero-order valence-corrected chi connectivity index (χ0v) is 15.7. The second kappa shape index (κ2) is 7.87. The predicted molar refractivity (Wildman–Crippen MR) is 106 cm³/mol. The summed E-state index contributed by atoms with van der Waals surface area (Å²) in [5, 5.41) is 3.36. The van der Waals surface area contributed by atoms with E-state index in [0.717, 1.165) is 41.0 Å². The van der Waals surface area contributed by atoms with Crippen LogP contribution >= 0.6 is 0 Å². The summed E-state index contributed by atoms with van der Waals surface area (Å²) in [5.74, 6) is 3.12. The fourth-order valence-corrected chi connectivity index (χ4v) is 2.81. The average Bonchev–Trinajstić information content (AvgIpc) is 2.62. The van der Waals surface area contributed by atoms with Crippen molar-refractivity contribution in [3.8, 4) is 5.75 Å². The van der Waals surface area contributed by atoms with Crippen LogP contribution in [0.1, 0.15) is 17.0 Å². The maximum atomic E-state index is 5.44. The molecular formula is C21H24N4O. The van der Waals surface area contributed by atoms with Crippen LogP contribution in [0.2, 0.25) is 0 Å². The third-order valence-electron chi connectivity index (χ3n) is 4.10. The van der Waals surface area contributed by atoms with Gasteiger partial charge in [-0.1, -0.05) is 36.4 Å². The van der Waals surface area contributed by atoms with E-state index in [1.165, 1.54) is 5.56 Å². The number of rotatable bonds is 6. The van der Waals surface area contributed by atoms with Crippen LogP contribution in [0.4, 0.5) is 17.3 Å². The second-order valence-electron chi connectivity index (χ2n) is 6.33. The molecule has 0 saturated carbocycles. The number of nitrogens with zero attached hydrogens (tertiary/aromatic N) is 3. The highest BCUT2D eigenvalue weighted by Crippen LogP contribution is 2.29. The summed E-state index contributed by atoms with van der Waals surface area (Å²) in [4.78, 5) is 11.2. The molecule has 0 saturated heterocycles. The van der Waals surface area contributed by atoms with Crippen LogP contribution in [0.15, 0.2) is 54.6 Å². The van der Waals surface area contributed by atoms with Crippen molar-refractivity contribution >= 4 is 17.3 Å². The lowest BCUT2D eigenvalue weighted by Gasteiger charge is -2.20. The summed E-state index contributed by atoms with van der Waals surface area (Å²) >= 11 is 0. The summed E-state index contributed by atoms with van der Waals surface area (Å²) in [6.07, 6.45) is 0. The molecule has 3 rings (SSSR count). The lowest BCUT2D eigenvalue weighted by atomic mass is 10.2. The zero-order chi connectivity index (χ0) is 18.5. The maximum absolute atomic E-state index is 5.44. The van der Waals surface area contributed by atoms with Gasteiger partial charge in [-0.25, -0.2) is 9.97 Å². The van der Waals surface area contributed by atoms with Crippen LogP contribution in [-0.4, -0.2) is 24.1 Å². The number of benzene rings is 2. The van der Waals surface area contributed by atoms with Gasteiger partial charge in [0.1, 0.15) is 23.2 Å². The molecule has 0 fully saturated rings. The highest BCUT2D eigenvalue weighted by molar-refractivity contribution is 5.66. The van der Waals surface area contributed by atoms with Gasteiger partial charge in [0.15, 0.2) is 0 Å². The Labute approximate surface area is 154 Å². The van der Waals surface area contributed by atoms with E-state index in [2.05, 4.69) is 39.2 Å². The van der Waals surface area contributed by atoms with Crippen LogP contribution in [0, 0.1) is 13.8 Å². The lowest BCUT2D eigenvalue weighted by Crippen LogP contribution is -2.18. The van der Waals surface area contributed by atoms with Crippen molar-refractivity contribution in [1.82, 2.24) is 9.97 Å². The maximum Gasteiger partial charge on any atom is 0.142 e. The van der Waals surface area contributed by atoms with Gasteiger partial charge in [0, 0.05) is 19.7 Å². The fourth-order valence-electron chi connectivity index (χ4n) is 2.81. The van der Waals surface area contributed by atoms with Gasteiger partial charge >= 0.3 is 0 Å². The van der Waals surface area contributed by atoms with Crippen molar-refractivity contribution in [3.63, 3.8) is 0 Å². The first-order valence-electron chi connectivity index (χ1n) is 8.57. The molecule has 26 heavy (non-hydrogen) atoms. The minimum Gasteiger partial charge on any atom is -0.495 e. The highest BCUT2D eigenvalue weighted by Gasteiger charge is 2.10. The van der Waals surface area contributed by atoms with Crippen molar-refractivity contribution in [2.24, 2.45) is 0 Å². The number of aryl methyl sites for hydroxylation is 2. The van der Waals surface area contributed by atoms with Crippen molar-refractivity contribution < 1.29 is 4.74 Å². The normalized spacial score (nSPS) is 10.5. The topological polar surface area (TPSA) is 50.3 Å².